The molecule has 6 nitrogen and oxygen atoms in total. The van der Waals surface area contributed by atoms with Crippen molar-refractivity contribution in [2.24, 2.45) is 0 Å². The number of fused-ring (bicyclic) bond motifs is 1. The van der Waals surface area contributed by atoms with Gasteiger partial charge in [-0.05, 0) is 51.0 Å². The van der Waals surface area contributed by atoms with E-state index >= 15 is 0 Å². The van der Waals surface area contributed by atoms with Crippen LogP contribution in [0.2, 0.25) is 0 Å². The van der Waals surface area contributed by atoms with Gasteiger partial charge in [-0.3, -0.25) is 9.59 Å². The van der Waals surface area contributed by atoms with Crippen molar-refractivity contribution >= 4 is 50.8 Å². The van der Waals surface area contributed by atoms with Gasteiger partial charge in [0.2, 0.25) is 5.91 Å². The molecule has 168 valence electrons. The number of thiophene rings is 1. The van der Waals surface area contributed by atoms with Gasteiger partial charge in [-0.2, -0.15) is 0 Å². The zero-order valence-corrected chi connectivity index (χ0v) is 20.4. The van der Waals surface area contributed by atoms with Gasteiger partial charge < -0.3 is 15.0 Å². The SMILES string of the molecule is Cc1ccc(SCC(=O)Nc2c(C(=O)N3CCOCC3)sc3nc(C)cc(C)c23)c(C)c1. The lowest BCUT2D eigenvalue weighted by atomic mass is 10.1. The van der Waals surface area contributed by atoms with E-state index in [1.54, 1.807) is 4.90 Å². The van der Waals surface area contributed by atoms with E-state index in [4.69, 9.17) is 4.74 Å². The number of ether oxygens (including phenoxy) is 1. The fraction of sp³-hybridized carbons (Fsp3) is 0.375. The van der Waals surface area contributed by atoms with Crippen LogP contribution in [0.5, 0.6) is 0 Å². The maximum Gasteiger partial charge on any atom is 0.266 e. The number of aryl methyl sites for hydroxylation is 4. The number of hydrogen-bond donors (Lipinski definition) is 1. The van der Waals surface area contributed by atoms with Gasteiger partial charge >= 0.3 is 0 Å². The molecule has 1 saturated heterocycles. The van der Waals surface area contributed by atoms with Crippen molar-refractivity contribution in [1.29, 1.82) is 0 Å². The second-order valence-corrected chi connectivity index (χ2v) is 10.1. The highest BCUT2D eigenvalue weighted by Gasteiger charge is 2.27. The van der Waals surface area contributed by atoms with E-state index in [1.165, 1.54) is 28.7 Å². The highest BCUT2D eigenvalue weighted by atomic mass is 32.2. The maximum absolute atomic E-state index is 13.3. The summed E-state index contributed by atoms with van der Waals surface area (Å²) < 4.78 is 5.39. The van der Waals surface area contributed by atoms with Gasteiger partial charge in [-0.25, -0.2) is 4.98 Å². The summed E-state index contributed by atoms with van der Waals surface area (Å²) in [6, 6.07) is 8.20. The molecule has 2 aromatic heterocycles. The summed E-state index contributed by atoms with van der Waals surface area (Å²) >= 11 is 2.85. The molecular weight excluding hydrogens is 442 g/mol. The summed E-state index contributed by atoms with van der Waals surface area (Å²) in [5.74, 6) is 0.0569. The largest absolute Gasteiger partial charge is 0.378 e. The number of amides is 2. The first-order valence-corrected chi connectivity index (χ1v) is 12.4. The highest BCUT2D eigenvalue weighted by molar-refractivity contribution is 8.00. The molecule has 1 N–H and O–H groups in total. The summed E-state index contributed by atoms with van der Waals surface area (Å²) in [6.45, 7) is 10.2. The molecule has 3 aromatic rings. The Morgan fingerprint density at radius 2 is 1.88 bits per heavy atom. The van der Waals surface area contributed by atoms with Gasteiger partial charge in [0.25, 0.3) is 5.91 Å². The average Bonchev–Trinajstić information content (AvgIpc) is 3.11. The van der Waals surface area contributed by atoms with Crippen LogP contribution in [-0.4, -0.2) is 53.8 Å². The lowest BCUT2D eigenvalue weighted by Crippen LogP contribution is -2.40. The number of nitrogens with one attached hydrogen (secondary N) is 1. The van der Waals surface area contributed by atoms with E-state index in [1.807, 2.05) is 26.0 Å². The van der Waals surface area contributed by atoms with E-state index in [2.05, 4.69) is 36.3 Å². The molecule has 1 aliphatic rings. The minimum absolute atomic E-state index is 0.0781. The minimum Gasteiger partial charge on any atom is -0.378 e. The van der Waals surface area contributed by atoms with Crippen LogP contribution in [0.15, 0.2) is 29.2 Å². The molecule has 0 saturated carbocycles. The Bertz CT molecular complexity index is 1180. The van der Waals surface area contributed by atoms with Gasteiger partial charge in [0.15, 0.2) is 0 Å². The van der Waals surface area contributed by atoms with Crippen LogP contribution in [0, 0.1) is 27.7 Å². The molecule has 3 heterocycles. The minimum atomic E-state index is -0.134. The Kier molecular flexibility index (Phi) is 6.83. The normalized spacial score (nSPS) is 14.1. The van der Waals surface area contributed by atoms with Crippen LogP contribution in [-0.2, 0) is 9.53 Å². The molecule has 0 bridgehead atoms. The lowest BCUT2D eigenvalue weighted by molar-refractivity contribution is -0.113. The van der Waals surface area contributed by atoms with Crippen LogP contribution < -0.4 is 5.32 Å². The van der Waals surface area contributed by atoms with Gasteiger partial charge in [0.05, 0.1) is 24.7 Å². The fourth-order valence-corrected chi connectivity index (χ4v) is 5.93. The Morgan fingerprint density at radius 1 is 1.12 bits per heavy atom. The zero-order valence-electron chi connectivity index (χ0n) is 18.8. The summed E-state index contributed by atoms with van der Waals surface area (Å²) in [5.41, 5.74) is 4.83. The third-order valence-electron chi connectivity index (χ3n) is 5.43. The van der Waals surface area contributed by atoms with E-state index < -0.39 is 0 Å². The van der Waals surface area contributed by atoms with E-state index in [0.29, 0.717) is 36.9 Å². The summed E-state index contributed by atoms with van der Waals surface area (Å²) in [7, 11) is 0. The quantitative estimate of drug-likeness (QED) is 0.547. The number of rotatable bonds is 5. The van der Waals surface area contributed by atoms with Crippen LogP contribution in [0.1, 0.15) is 32.1 Å². The Labute approximate surface area is 196 Å². The first-order valence-electron chi connectivity index (χ1n) is 10.6. The number of benzene rings is 1. The molecule has 1 aromatic carbocycles. The third kappa shape index (κ3) is 4.82. The standard InChI is InChI=1S/C24H27N3O3S2/c1-14-5-6-18(15(2)11-14)31-13-19(28)26-21-20-16(3)12-17(4)25-23(20)32-22(21)24(29)27-7-9-30-10-8-27/h5-6,11-12H,7-10,13H2,1-4H3,(H,26,28). The molecule has 0 atom stereocenters. The molecule has 32 heavy (non-hydrogen) atoms. The maximum atomic E-state index is 13.3. The Hall–Kier alpha value is -2.42. The van der Waals surface area contributed by atoms with Crippen molar-refractivity contribution in [2.75, 3.05) is 37.4 Å². The molecular formula is C24H27N3O3S2. The number of pyridine rings is 1. The second kappa shape index (κ2) is 9.60. The van der Waals surface area contributed by atoms with E-state index in [-0.39, 0.29) is 17.6 Å². The van der Waals surface area contributed by atoms with Gasteiger partial charge in [-0.15, -0.1) is 23.1 Å². The number of morpholine rings is 1. The zero-order chi connectivity index (χ0) is 22.8. The number of carbonyl (C=O) groups is 2. The smallest absolute Gasteiger partial charge is 0.266 e. The molecule has 1 aliphatic heterocycles. The monoisotopic (exact) mass is 469 g/mol. The highest BCUT2D eigenvalue weighted by Crippen LogP contribution is 2.38. The lowest BCUT2D eigenvalue weighted by Gasteiger charge is -2.26. The third-order valence-corrected chi connectivity index (χ3v) is 7.68. The van der Waals surface area contributed by atoms with Gasteiger partial charge in [0.1, 0.15) is 9.71 Å². The van der Waals surface area contributed by atoms with Crippen molar-refractivity contribution in [3.63, 3.8) is 0 Å². The molecule has 0 spiro atoms. The molecule has 1 fully saturated rings. The van der Waals surface area contributed by atoms with E-state index in [0.717, 1.165) is 31.9 Å². The van der Waals surface area contributed by atoms with Crippen LogP contribution in [0.3, 0.4) is 0 Å². The van der Waals surface area contributed by atoms with Gasteiger partial charge in [-0.1, -0.05) is 17.7 Å². The molecule has 4 rings (SSSR count). The molecule has 0 aliphatic carbocycles. The van der Waals surface area contributed by atoms with Crippen LogP contribution in [0.25, 0.3) is 10.2 Å². The summed E-state index contributed by atoms with van der Waals surface area (Å²) in [6.07, 6.45) is 0. The molecule has 2 amide bonds. The number of nitrogens with zero attached hydrogens (tertiary/aromatic N) is 2. The molecule has 8 heteroatoms. The van der Waals surface area contributed by atoms with Crippen molar-refractivity contribution in [3.05, 3.63) is 51.5 Å². The summed E-state index contributed by atoms with van der Waals surface area (Å²) in [5, 5.41) is 3.90. The number of thioether (sulfide) groups is 1. The average molecular weight is 470 g/mol. The Morgan fingerprint density at radius 3 is 2.59 bits per heavy atom. The fourth-order valence-electron chi connectivity index (χ4n) is 3.90. The predicted molar refractivity (Wildman–Crippen MR) is 131 cm³/mol. The second-order valence-electron chi connectivity index (χ2n) is 8.08. The Balaban J connectivity index is 1.62. The number of anilines is 1. The van der Waals surface area contributed by atoms with Crippen molar-refractivity contribution in [1.82, 2.24) is 9.88 Å². The van der Waals surface area contributed by atoms with Crippen molar-refractivity contribution in [3.8, 4) is 0 Å². The molecule has 0 unspecified atom stereocenters. The first kappa shape index (κ1) is 22.8. The summed E-state index contributed by atoms with van der Waals surface area (Å²) in [4.78, 5) is 35.1. The van der Waals surface area contributed by atoms with Crippen LogP contribution in [0.4, 0.5) is 5.69 Å². The molecule has 0 radical (unpaired) electrons. The topological polar surface area (TPSA) is 71.5 Å². The number of aromatic nitrogens is 1. The van der Waals surface area contributed by atoms with Crippen molar-refractivity contribution < 1.29 is 14.3 Å². The first-order chi connectivity index (χ1) is 15.3. The predicted octanol–water partition coefficient (Wildman–Crippen LogP) is 4.73. The van der Waals surface area contributed by atoms with Crippen molar-refractivity contribution in [2.45, 2.75) is 32.6 Å². The van der Waals surface area contributed by atoms with Gasteiger partial charge in [0, 0.05) is 29.1 Å². The number of carbonyl (C=O) groups excluding carboxylic acids is 2. The number of hydrogen-bond acceptors (Lipinski definition) is 6. The van der Waals surface area contributed by atoms with E-state index in [9.17, 15) is 9.59 Å². The van der Waals surface area contributed by atoms with Crippen LogP contribution >= 0.6 is 23.1 Å².